The lowest BCUT2D eigenvalue weighted by Gasteiger charge is -2.59. The van der Waals surface area contributed by atoms with Gasteiger partial charge in [-0.1, -0.05) is 38.8 Å². The highest BCUT2D eigenvalue weighted by molar-refractivity contribution is 6.01. The van der Waals surface area contributed by atoms with E-state index >= 15 is 0 Å². The Morgan fingerprint density at radius 1 is 1.31 bits per heavy atom. The fourth-order valence-electron chi connectivity index (χ4n) is 8.32. The van der Waals surface area contributed by atoms with Gasteiger partial charge in [0, 0.05) is 16.7 Å². The molecule has 4 aliphatic carbocycles. The van der Waals surface area contributed by atoms with Crippen LogP contribution in [0.2, 0.25) is 0 Å². The van der Waals surface area contributed by atoms with Gasteiger partial charge in [0.2, 0.25) is 5.78 Å². The van der Waals surface area contributed by atoms with Gasteiger partial charge in [0.05, 0.1) is 18.8 Å². The van der Waals surface area contributed by atoms with Crippen molar-refractivity contribution in [1.82, 2.24) is 0 Å². The van der Waals surface area contributed by atoms with E-state index in [0.29, 0.717) is 19.3 Å². The Bertz CT molecular complexity index is 990. The van der Waals surface area contributed by atoms with Crippen LogP contribution in [0.25, 0.3) is 0 Å². The zero-order chi connectivity index (χ0) is 25.2. The number of carbonyl (C=O) groups is 3. The van der Waals surface area contributed by atoms with Gasteiger partial charge in [0.25, 0.3) is 0 Å². The Hall–Kier alpha value is -1.87. The summed E-state index contributed by atoms with van der Waals surface area (Å²) in [5.41, 5.74) is 4.10. The van der Waals surface area contributed by atoms with E-state index < -0.39 is 47.5 Å². The number of hydrogen-bond acceptors (Lipinski definition) is 8. The molecule has 1 aliphatic heterocycles. The number of allylic oxidation sites excluding steroid dienone is 4. The van der Waals surface area contributed by atoms with Gasteiger partial charge in [-0.15, -0.1) is 0 Å². The van der Waals surface area contributed by atoms with E-state index in [1.807, 2.05) is 19.9 Å². The van der Waals surface area contributed by atoms with Crippen LogP contribution in [-0.2, 0) is 28.6 Å². The van der Waals surface area contributed by atoms with Crippen LogP contribution in [0.1, 0.15) is 59.3 Å². The topological polar surface area (TPSA) is 125 Å². The first-order valence-corrected chi connectivity index (χ1v) is 12.9. The van der Waals surface area contributed by atoms with Crippen molar-refractivity contribution in [3.05, 3.63) is 23.8 Å². The van der Waals surface area contributed by atoms with Crippen LogP contribution < -0.4 is 5.73 Å². The van der Waals surface area contributed by atoms with Crippen molar-refractivity contribution >= 4 is 17.5 Å². The number of Topliss-reactive ketones (excluding diaryl/α,β-unsaturated/α-hetero) is 1. The molecule has 9 unspecified atom stereocenters. The highest BCUT2D eigenvalue weighted by atomic mass is 16.7. The van der Waals surface area contributed by atoms with Crippen molar-refractivity contribution in [2.75, 3.05) is 13.2 Å². The van der Waals surface area contributed by atoms with E-state index in [2.05, 4.69) is 6.92 Å². The van der Waals surface area contributed by atoms with Crippen LogP contribution in [0.15, 0.2) is 23.8 Å². The molecule has 192 valence electrons. The Balaban J connectivity index is 1.52. The molecule has 4 fully saturated rings. The fraction of sp³-hybridized carbons (Fsp3) is 0.741. The van der Waals surface area contributed by atoms with Gasteiger partial charge in [0.1, 0.15) is 0 Å². The molecule has 0 radical (unpaired) electrons. The Morgan fingerprint density at radius 3 is 2.80 bits per heavy atom. The molecular formula is C27H37NO7. The maximum atomic E-state index is 13.8. The first kappa shape index (κ1) is 24.8. The predicted molar refractivity (Wildman–Crippen MR) is 126 cm³/mol. The zero-order valence-electron chi connectivity index (χ0n) is 20.8. The molecule has 5 aliphatic rings. The van der Waals surface area contributed by atoms with Crippen LogP contribution in [0.4, 0.5) is 0 Å². The van der Waals surface area contributed by atoms with E-state index in [0.717, 1.165) is 24.8 Å². The molecule has 0 amide bonds. The number of aliphatic hydroxyl groups excluding tert-OH is 1. The maximum absolute atomic E-state index is 13.8. The molecule has 8 heteroatoms. The average molecular weight is 488 g/mol. The molecule has 0 aromatic rings. The van der Waals surface area contributed by atoms with Gasteiger partial charge < -0.3 is 25.1 Å². The third-order valence-corrected chi connectivity index (χ3v) is 9.76. The highest BCUT2D eigenvalue weighted by Gasteiger charge is 2.75. The second-order valence-corrected chi connectivity index (χ2v) is 11.4. The van der Waals surface area contributed by atoms with Crippen molar-refractivity contribution < 1.29 is 33.7 Å². The minimum Gasteiger partial charge on any atom is -0.457 e. The number of aliphatic hydroxyl groups is 1. The molecule has 0 aromatic carbocycles. The van der Waals surface area contributed by atoms with Crippen LogP contribution in [0.3, 0.4) is 0 Å². The molecule has 9 atom stereocenters. The molecular weight excluding hydrogens is 450 g/mol. The fourth-order valence-corrected chi connectivity index (χ4v) is 8.32. The van der Waals surface area contributed by atoms with E-state index in [-0.39, 0.29) is 35.9 Å². The lowest BCUT2D eigenvalue weighted by atomic mass is 9.46. The lowest BCUT2D eigenvalue weighted by molar-refractivity contribution is -0.201. The lowest BCUT2D eigenvalue weighted by Crippen LogP contribution is -2.63. The van der Waals surface area contributed by atoms with Crippen molar-refractivity contribution in [2.24, 2.45) is 34.3 Å². The van der Waals surface area contributed by atoms with Crippen molar-refractivity contribution in [1.29, 1.82) is 0 Å². The number of nitrogens with two attached hydrogens (primary N) is 1. The highest BCUT2D eigenvalue weighted by Crippen LogP contribution is 2.69. The summed E-state index contributed by atoms with van der Waals surface area (Å²) in [5, 5.41) is 11.7. The van der Waals surface area contributed by atoms with Crippen LogP contribution in [0, 0.1) is 28.6 Å². The minimum atomic E-state index is -1.28. The Labute approximate surface area is 206 Å². The number of carbonyl (C=O) groups excluding carboxylic acids is 3. The monoisotopic (exact) mass is 487 g/mol. The zero-order valence-corrected chi connectivity index (χ0v) is 20.8. The second kappa shape index (κ2) is 8.61. The predicted octanol–water partition coefficient (Wildman–Crippen LogP) is 2.23. The summed E-state index contributed by atoms with van der Waals surface area (Å²) in [4.78, 5) is 37.6. The first-order valence-electron chi connectivity index (χ1n) is 12.9. The molecule has 3 N–H and O–H groups in total. The number of hydrogen-bond donors (Lipinski definition) is 2. The van der Waals surface area contributed by atoms with Gasteiger partial charge in [-0.05, 0) is 56.1 Å². The molecule has 8 nitrogen and oxygen atoms in total. The van der Waals surface area contributed by atoms with E-state index in [1.165, 1.54) is 0 Å². The number of rotatable bonds is 6. The van der Waals surface area contributed by atoms with Crippen LogP contribution in [-0.4, -0.2) is 59.9 Å². The first-order chi connectivity index (χ1) is 16.6. The number of fused-ring (bicyclic) bond motifs is 7. The summed E-state index contributed by atoms with van der Waals surface area (Å²) < 4.78 is 18.0. The van der Waals surface area contributed by atoms with E-state index in [4.69, 9.17) is 19.9 Å². The maximum Gasteiger partial charge on any atom is 0.320 e. The van der Waals surface area contributed by atoms with Crippen molar-refractivity contribution in [3.8, 4) is 0 Å². The van der Waals surface area contributed by atoms with Gasteiger partial charge in [-0.3, -0.25) is 14.4 Å². The van der Waals surface area contributed by atoms with Crippen molar-refractivity contribution in [3.63, 3.8) is 0 Å². The normalized spacial score (nSPS) is 45.7. The SMILES string of the molecule is CCCC1OC2CC3C4CCC5=CC(=O)C=CC5(C)C4C(O)CC3(C)C2(C(=O)COC(=O)CN)O1. The second-order valence-electron chi connectivity index (χ2n) is 11.4. The third kappa shape index (κ3) is 3.44. The van der Waals surface area contributed by atoms with Gasteiger partial charge in [0.15, 0.2) is 24.3 Å². The van der Waals surface area contributed by atoms with Gasteiger partial charge in [-0.25, -0.2) is 0 Å². The standard InChI is InChI=1S/C27H37NO7/c1-4-5-23-34-21-11-18-17-7-6-15-10-16(29)8-9-25(15,2)24(17)19(30)12-26(18,3)27(21,35-23)20(31)14-33-22(32)13-28/h8-10,17-19,21,23-24,30H,4-7,11-14,28H2,1-3H3. The summed E-state index contributed by atoms with van der Waals surface area (Å²) in [6.07, 6.45) is 7.83. The van der Waals surface area contributed by atoms with Crippen LogP contribution in [0.5, 0.6) is 0 Å². The summed E-state index contributed by atoms with van der Waals surface area (Å²) >= 11 is 0. The van der Waals surface area contributed by atoms with Crippen LogP contribution >= 0.6 is 0 Å². The van der Waals surface area contributed by atoms with Gasteiger partial charge in [-0.2, -0.15) is 0 Å². The van der Waals surface area contributed by atoms with E-state index in [1.54, 1.807) is 12.2 Å². The Kier molecular flexibility index (Phi) is 6.10. The summed E-state index contributed by atoms with van der Waals surface area (Å²) in [5.74, 6) is -0.787. The molecule has 0 spiro atoms. The summed E-state index contributed by atoms with van der Waals surface area (Å²) in [6.45, 7) is 5.49. The van der Waals surface area contributed by atoms with E-state index in [9.17, 15) is 19.5 Å². The molecule has 1 saturated heterocycles. The number of esters is 1. The molecule has 35 heavy (non-hydrogen) atoms. The smallest absolute Gasteiger partial charge is 0.320 e. The Morgan fingerprint density at radius 2 is 2.09 bits per heavy atom. The molecule has 5 rings (SSSR count). The number of ether oxygens (including phenoxy) is 3. The minimum absolute atomic E-state index is 0.00167. The van der Waals surface area contributed by atoms with Crippen molar-refractivity contribution in [2.45, 2.75) is 83.4 Å². The number of ketones is 2. The quantitative estimate of drug-likeness (QED) is 0.547. The molecule has 3 saturated carbocycles. The largest absolute Gasteiger partial charge is 0.457 e. The van der Waals surface area contributed by atoms with Gasteiger partial charge >= 0.3 is 5.97 Å². The third-order valence-electron chi connectivity index (χ3n) is 9.76. The molecule has 1 heterocycles. The molecule has 0 aromatic heterocycles. The summed E-state index contributed by atoms with van der Waals surface area (Å²) in [6, 6.07) is 0. The molecule has 0 bridgehead atoms. The average Bonchev–Trinajstić information content (AvgIpc) is 3.29. The summed E-state index contributed by atoms with van der Waals surface area (Å²) in [7, 11) is 0.